The number of nitrogens with one attached hydrogen (secondary N) is 1. The quantitative estimate of drug-likeness (QED) is 0.595. The number of rotatable bonds is 10. The van der Waals surface area contributed by atoms with Crippen LogP contribution < -0.4 is 9.62 Å². The highest BCUT2D eigenvalue weighted by Gasteiger charge is 2.18. The van der Waals surface area contributed by atoms with Crippen molar-refractivity contribution >= 4 is 21.7 Å². The topological polar surface area (TPSA) is 96.2 Å². The van der Waals surface area contributed by atoms with Crippen LogP contribution in [0.15, 0.2) is 30.9 Å². The summed E-state index contributed by atoms with van der Waals surface area (Å²) in [6.07, 6.45) is 9.57. The van der Waals surface area contributed by atoms with Gasteiger partial charge in [0.05, 0.1) is 17.6 Å². The van der Waals surface area contributed by atoms with Crippen LogP contribution in [0.3, 0.4) is 0 Å². The summed E-state index contributed by atoms with van der Waals surface area (Å²) in [5, 5.41) is 4.24. The van der Waals surface area contributed by atoms with Gasteiger partial charge in [0.15, 0.2) is 0 Å². The van der Waals surface area contributed by atoms with Gasteiger partial charge in [-0.1, -0.05) is 6.92 Å². The molecule has 0 saturated carbocycles. The first-order valence-electron chi connectivity index (χ1n) is 9.83. The minimum atomic E-state index is -3.26. The van der Waals surface area contributed by atoms with Crippen LogP contribution in [0.5, 0.6) is 0 Å². The van der Waals surface area contributed by atoms with Gasteiger partial charge in [-0.05, 0) is 31.9 Å². The van der Waals surface area contributed by atoms with Gasteiger partial charge < -0.3 is 4.90 Å². The van der Waals surface area contributed by atoms with E-state index >= 15 is 0 Å². The van der Waals surface area contributed by atoms with Crippen LogP contribution in [0.2, 0.25) is 0 Å². The van der Waals surface area contributed by atoms with E-state index in [2.05, 4.69) is 29.6 Å². The van der Waals surface area contributed by atoms with E-state index in [0.717, 1.165) is 58.1 Å². The molecule has 0 radical (unpaired) electrons. The molecule has 28 heavy (non-hydrogen) atoms. The van der Waals surface area contributed by atoms with Crippen molar-refractivity contribution in [2.24, 2.45) is 0 Å². The minimum absolute atomic E-state index is 0.127. The second-order valence-electron chi connectivity index (χ2n) is 7.00. The highest BCUT2D eigenvalue weighted by Crippen LogP contribution is 2.11. The van der Waals surface area contributed by atoms with Gasteiger partial charge in [0, 0.05) is 51.3 Å². The normalized spacial score (nSPS) is 15.7. The molecule has 1 aliphatic rings. The van der Waals surface area contributed by atoms with Gasteiger partial charge >= 0.3 is 0 Å². The molecule has 0 spiro atoms. The third kappa shape index (κ3) is 6.16. The van der Waals surface area contributed by atoms with Crippen molar-refractivity contribution in [1.82, 2.24) is 24.6 Å². The fourth-order valence-corrected chi connectivity index (χ4v) is 4.38. The van der Waals surface area contributed by atoms with Crippen LogP contribution in [0, 0.1) is 0 Å². The van der Waals surface area contributed by atoms with Crippen molar-refractivity contribution in [3.05, 3.63) is 30.9 Å². The maximum Gasteiger partial charge on any atom is 0.232 e. The Morgan fingerprint density at radius 2 is 1.79 bits per heavy atom. The molecule has 3 rings (SSSR count). The molecule has 9 nitrogen and oxygen atoms in total. The van der Waals surface area contributed by atoms with Gasteiger partial charge in [-0.25, -0.2) is 18.4 Å². The van der Waals surface area contributed by atoms with E-state index in [4.69, 9.17) is 0 Å². The maximum atomic E-state index is 11.8. The molecule has 0 amide bonds. The molecule has 0 aromatic carbocycles. The summed E-state index contributed by atoms with van der Waals surface area (Å²) in [4.78, 5) is 13.3. The molecule has 2 aromatic heterocycles. The predicted octanol–water partition coefficient (Wildman–Crippen LogP) is 1.43. The number of anilines is 2. The number of nitrogens with zero attached hydrogens (tertiary/aromatic N) is 6. The van der Waals surface area contributed by atoms with Gasteiger partial charge in [0.2, 0.25) is 16.0 Å². The predicted molar refractivity (Wildman–Crippen MR) is 110 cm³/mol. The zero-order valence-corrected chi connectivity index (χ0v) is 17.2. The molecule has 2 aromatic rings. The first-order chi connectivity index (χ1) is 13.6. The molecule has 0 atom stereocenters. The van der Waals surface area contributed by atoms with Gasteiger partial charge in [0.1, 0.15) is 0 Å². The molecule has 1 aliphatic heterocycles. The average Bonchev–Trinajstić information content (AvgIpc) is 3.13. The van der Waals surface area contributed by atoms with E-state index in [-0.39, 0.29) is 5.75 Å². The van der Waals surface area contributed by atoms with Crippen molar-refractivity contribution in [3.8, 4) is 0 Å². The number of hydrogen-bond donors (Lipinski definition) is 1. The van der Waals surface area contributed by atoms with Crippen LogP contribution >= 0.6 is 0 Å². The Balaban J connectivity index is 1.33. The third-order valence-corrected chi connectivity index (χ3v) is 6.19. The summed E-state index contributed by atoms with van der Waals surface area (Å²) in [7, 11) is -3.26. The Hall–Kier alpha value is -2.20. The third-order valence-electron chi connectivity index (χ3n) is 4.70. The van der Waals surface area contributed by atoms with E-state index < -0.39 is 10.0 Å². The zero-order valence-electron chi connectivity index (χ0n) is 16.4. The Labute approximate surface area is 166 Å². The van der Waals surface area contributed by atoms with Crippen LogP contribution in [0.1, 0.15) is 26.2 Å². The fraction of sp³-hybridized carbons (Fsp3) is 0.611. The molecular weight excluding hydrogens is 378 g/mol. The molecular formula is C18H29N7O2S. The number of aryl methyl sites for hydroxylation is 1. The molecule has 3 heterocycles. The van der Waals surface area contributed by atoms with Gasteiger partial charge in [-0.2, -0.15) is 5.10 Å². The van der Waals surface area contributed by atoms with Crippen molar-refractivity contribution in [2.45, 2.75) is 32.7 Å². The second-order valence-corrected chi connectivity index (χ2v) is 8.84. The largest absolute Gasteiger partial charge is 0.338 e. The second kappa shape index (κ2) is 9.83. The van der Waals surface area contributed by atoms with E-state index in [1.807, 2.05) is 13.0 Å². The summed E-state index contributed by atoms with van der Waals surface area (Å²) in [5.74, 6) is 0.938. The van der Waals surface area contributed by atoms with E-state index in [9.17, 15) is 8.42 Å². The Morgan fingerprint density at radius 3 is 2.50 bits per heavy atom. The lowest BCUT2D eigenvalue weighted by molar-refractivity contribution is 0.249. The van der Waals surface area contributed by atoms with Gasteiger partial charge in [-0.15, -0.1) is 0 Å². The number of unbranched alkanes of at least 4 members (excludes halogenated alkanes) is 1. The lowest BCUT2D eigenvalue weighted by atomic mass is 10.2. The van der Waals surface area contributed by atoms with Crippen molar-refractivity contribution in [3.63, 3.8) is 0 Å². The molecule has 1 N–H and O–H groups in total. The van der Waals surface area contributed by atoms with Crippen LogP contribution in [-0.4, -0.2) is 71.5 Å². The van der Waals surface area contributed by atoms with Crippen LogP contribution in [-0.2, 0) is 16.6 Å². The first-order valence-corrected chi connectivity index (χ1v) is 11.5. The zero-order chi connectivity index (χ0) is 19.8. The molecule has 0 aliphatic carbocycles. The monoisotopic (exact) mass is 407 g/mol. The number of hydrogen-bond acceptors (Lipinski definition) is 7. The number of sulfonamides is 1. The maximum absolute atomic E-state index is 11.8. The average molecular weight is 408 g/mol. The summed E-state index contributed by atoms with van der Waals surface area (Å²) in [6, 6.07) is 1.84. The molecule has 1 saturated heterocycles. The Morgan fingerprint density at radius 1 is 1.07 bits per heavy atom. The minimum Gasteiger partial charge on any atom is -0.338 e. The molecule has 0 bridgehead atoms. The van der Waals surface area contributed by atoms with Gasteiger partial charge in [-0.3, -0.25) is 14.3 Å². The van der Waals surface area contributed by atoms with E-state index in [0.29, 0.717) is 12.1 Å². The van der Waals surface area contributed by atoms with Crippen LogP contribution in [0.25, 0.3) is 0 Å². The van der Waals surface area contributed by atoms with Gasteiger partial charge in [0.25, 0.3) is 0 Å². The van der Waals surface area contributed by atoms with Crippen molar-refractivity contribution < 1.29 is 8.42 Å². The summed E-state index contributed by atoms with van der Waals surface area (Å²) < 4.78 is 28.0. The smallest absolute Gasteiger partial charge is 0.232 e. The van der Waals surface area contributed by atoms with Crippen molar-refractivity contribution in [1.29, 1.82) is 0 Å². The first kappa shape index (κ1) is 20.5. The number of aromatic nitrogens is 4. The fourth-order valence-electron chi connectivity index (χ4n) is 3.27. The summed E-state index contributed by atoms with van der Waals surface area (Å²) in [5.41, 5.74) is 0.535. The summed E-state index contributed by atoms with van der Waals surface area (Å²) >= 11 is 0. The molecule has 10 heteroatoms. The Kier molecular flexibility index (Phi) is 7.21. The van der Waals surface area contributed by atoms with Crippen LogP contribution in [0.4, 0.5) is 11.6 Å². The molecule has 154 valence electrons. The lowest BCUT2D eigenvalue weighted by Crippen LogP contribution is -2.47. The molecule has 1 fully saturated rings. The summed E-state index contributed by atoms with van der Waals surface area (Å²) in [6.45, 7) is 7.62. The van der Waals surface area contributed by atoms with E-state index in [1.54, 1.807) is 29.5 Å². The Bertz CT molecular complexity index is 817. The highest BCUT2D eigenvalue weighted by molar-refractivity contribution is 7.92. The highest BCUT2D eigenvalue weighted by atomic mass is 32.2. The number of piperazine rings is 1. The SMILES string of the molecule is CCCS(=O)(=O)Nc1cnn(CCCCN2CCN(c3ncccn3)CC2)c1. The lowest BCUT2D eigenvalue weighted by Gasteiger charge is -2.34. The molecule has 0 unspecified atom stereocenters. The van der Waals surface area contributed by atoms with E-state index in [1.165, 1.54) is 0 Å². The van der Waals surface area contributed by atoms with Crippen molar-refractivity contribution in [2.75, 3.05) is 48.1 Å². The standard InChI is InChI=1S/C18H29N7O2S/c1-2-14-28(26,27)22-17-15-21-25(16-17)9-4-3-8-23-10-12-24(13-11-23)18-19-6-5-7-20-18/h5-7,15-16,22H,2-4,8-14H2,1H3.